The lowest BCUT2D eigenvalue weighted by atomic mass is 9.92. The quantitative estimate of drug-likeness (QED) is 0.159. The second-order valence-electron chi connectivity index (χ2n) is 13.5. The average Bonchev–Trinajstić information content (AvgIpc) is 3.27. The first-order chi connectivity index (χ1) is 26.7. The molecule has 0 radical (unpaired) electrons. The van der Waals surface area contributed by atoms with Crippen LogP contribution in [0.4, 0.5) is 0 Å². The van der Waals surface area contributed by atoms with Crippen molar-refractivity contribution in [3.8, 4) is 89.0 Å². The summed E-state index contributed by atoms with van der Waals surface area (Å²) in [6, 6.07) is 69.8. The number of pyridine rings is 2. The zero-order valence-electron chi connectivity index (χ0n) is 29.7. The number of benzene rings is 7. The lowest BCUT2D eigenvalue weighted by molar-refractivity contribution is 1.32. The standard InChI is InChI=1S/C52H36N2/c1-2-10-37(11-3-1)39-12-4-13-40(28-39)41-14-5-15-42(29-41)43-16-6-17-44(30-43)45-18-7-19-46(31-45)47-20-8-21-48(32-47)51-33-50(38-23-26-53-27-24-38)34-52(35-51)49-22-9-25-54-36-49/h1-36H. The maximum absolute atomic E-state index is 4.39. The molecule has 0 unspecified atom stereocenters. The molecule has 0 bridgehead atoms. The van der Waals surface area contributed by atoms with E-state index < -0.39 is 0 Å². The van der Waals surface area contributed by atoms with Crippen molar-refractivity contribution < 1.29 is 0 Å². The Morgan fingerprint density at radius 2 is 0.481 bits per heavy atom. The van der Waals surface area contributed by atoms with Gasteiger partial charge < -0.3 is 0 Å². The van der Waals surface area contributed by atoms with Crippen LogP contribution in [0.5, 0.6) is 0 Å². The van der Waals surface area contributed by atoms with Crippen molar-refractivity contribution in [3.63, 3.8) is 0 Å². The molecule has 0 fully saturated rings. The van der Waals surface area contributed by atoms with E-state index in [-0.39, 0.29) is 0 Å². The van der Waals surface area contributed by atoms with Gasteiger partial charge in [0.1, 0.15) is 0 Å². The van der Waals surface area contributed by atoms with Gasteiger partial charge in [0.05, 0.1) is 0 Å². The van der Waals surface area contributed by atoms with E-state index in [9.17, 15) is 0 Å². The number of hydrogen-bond acceptors (Lipinski definition) is 2. The molecule has 0 atom stereocenters. The monoisotopic (exact) mass is 688 g/mol. The van der Waals surface area contributed by atoms with E-state index in [2.05, 4.69) is 198 Å². The van der Waals surface area contributed by atoms with E-state index in [0.29, 0.717) is 0 Å². The van der Waals surface area contributed by atoms with E-state index in [1.54, 1.807) is 0 Å². The number of rotatable bonds is 8. The van der Waals surface area contributed by atoms with Gasteiger partial charge in [-0.1, -0.05) is 127 Å². The Morgan fingerprint density at radius 3 is 0.889 bits per heavy atom. The predicted octanol–water partition coefficient (Wildman–Crippen LogP) is 13.8. The van der Waals surface area contributed by atoms with Crippen LogP contribution in [0, 0.1) is 0 Å². The molecule has 0 spiro atoms. The zero-order chi connectivity index (χ0) is 36.1. The molecular weight excluding hydrogens is 653 g/mol. The fourth-order valence-corrected chi connectivity index (χ4v) is 7.23. The van der Waals surface area contributed by atoms with Crippen molar-refractivity contribution in [1.29, 1.82) is 0 Å². The Labute approximate surface area is 316 Å². The summed E-state index contributed by atoms with van der Waals surface area (Å²) in [6.45, 7) is 0. The maximum atomic E-state index is 4.39. The molecule has 0 saturated carbocycles. The van der Waals surface area contributed by atoms with Crippen molar-refractivity contribution in [1.82, 2.24) is 9.97 Å². The summed E-state index contributed by atoms with van der Waals surface area (Å²) in [5, 5.41) is 0. The number of aromatic nitrogens is 2. The minimum atomic E-state index is 1.09. The van der Waals surface area contributed by atoms with Gasteiger partial charge in [-0.15, -0.1) is 0 Å². The van der Waals surface area contributed by atoms with Crippen molar-refractivity contribution >= 4 is 0 Å². The molecule has 0 aliphatic rings. The highest BCUT2D eigenvalue weighted by molar-refractivity contribution is 5.84. The summed E-state index contributed by atoms with van der Waals surface area (Å²) < 4.78 is 0. The maximum Gasteiger partial charge on any atom is 0.0346 e. The normalized spacial score (nSPS) is 11.0. The van der Waals surface area contributed by atoms with Crippen LogP contribution < -0.4 is 0 Å². The molecular formula is C52H36N2. The Balaban J connectivity index is 1.03. The molecule has 0 aliphatic heterocycles. The van der Waals surface area contributed by atoms with Crippen LogP contribution in [0.3, 0.4) is 0 Å². The molecule has 2 heterocycles. The van der Waals surface area contributed by atoms with Gasteiger partial charge in [0.2, 0.25) is 0 Å². The summed E-state index contributed by atoms with van der Waals surface area (Å²) >= 11 is 0. The Bertz CT molecular complexity index is 2640. The molecule has 0 amide bonds. The third kappa shape index (κ3) is 7.01. The Hall–Kier alpha value is -7.16. The summed E-state index contributed by atoms with van der Waals surface area (Å²) in [5.74, 6) is 0. The van der Waals surface area contributed by atoms with Crippen molar-refractivity contribution in [2.75, 3.05) is 0 Å². The average molecular weight is 689 g/mol. The van der Waals surface area contributed by atoms with Gasteiger partial charge in [0, 0.05) is 30.4 Å². The molecule has 7 aromatic carbocycles. The zero-order valence-corrected chi connectivity index (χ0v) is 29.7. The highest BCUT2D eigenvalue weighted by Crippen LogP contribution is 2.36. The Morgan fingerprint density at radius 1 is 0.185 bits per heavy atom. The third-order valence-electron chi connectivity index (χ3n) is 10.0. The summed E-state index contributed by atoms with van der Waals surface area (Å²) in [6.07, 6.45) is 7.43. The molecule has 2 nitrogen and oxygen atoms in total. The molecule has 2 heteroatoms. The van der Waals surface area contributed by atoms with Gasteiger partial charge in [-0.3, -0.25) is 9.97 Å². The molecule has 0 saturated heterocycles. The smallest absolute Gasteiger partial charge is 0.0346 e. The largest absolute Gasteiger partial charge is 0.265 e. The number of nitrogens with zero attached hydrogens (tertiary/aromatic N) is 2. The van der Waals surface area contributed by atoms with E-state index in [0.717, 1.165) is 33.4 Å². The van der Waals surface area contributed by atoms with Crippen molar-refractivity contribution in [3.05, 3.63) is 219 Å². The van der Waals surface area contributed by atoms with Gasteiger partial charge in [-0.25, -0.2) is 0 Å². The van der Waals surface area contributed by atoms with Gasteiger partial charge in [-0.2, -0.15) is 0 Å². The Kier molecular flexibility index (Phi) is 8.99. The van der Waals surface area contributed by atoms with Crippen LogP contribution in [-0.2, 0) is 0 Å². The first-order valence-electron chi connectivity index (χ1n) is 18.3. The molecule has 0 N–H and O–H groups in total. The van der Waals surface area contributed by atoms with Crippen LogP contribution in [0.1, 0.15) is 0 Å². The molecule has 0 aliphatic carbocycles. The summed E-state index contributed by atoms with van der Waals surface area (Å²) in [4.78, 5) is 8.64. The molecule has 9 aromatic rings. The van der Waals surface area contributed by atoms with Crippen LogP contribution in [0.2, 0.25) is 0 Å². The molecule has 9 rings (SSSR count). The molecule has 254 valence electrons. The lowest BCUT2D eigenvalue weighted by Gasteiger charge is -2.13. The van der Waals surface area contributed by atoms with Gasteiger partial charge in [0.25, 0.3) is 0 Å². The van der Waals surface area contributed by atoms with Gasteiger partial charge in [-0.05, 0) is 150 Å². The van der Waals surface area contributed by atoms with Crippen LogP contribution in [-0.4, -0.2) is 9.97 Å². The molecule has 54 heavy (non-hydrogen) atoms. The van der Waals surface area contributed by atoms with Gasteiger partial charge in [0.15, 0.2) is 0 Å². The van der Waals surface area contributed by atoms with Crippen molar-refractivity contribution in [2.45, 2.75) is 0 Å². The van der Waals surface area contributed by atoms with Gasteiger partial charge >= 0.3 is 0 Å². The van der Waals surface area contributed by atoms with E-state index >= 15 is 0 Å². The summed E-state index contributed by atoms with van der Waals surface area (Å²) in [5.41, 5.74) is 18.8. The summed E-state index contributed by atoms with van der Waals surface area (Å²) in [7, 11) is 0. The molecule has 2 aromatic heterocycles. The van der Waals surface area contributed by atoms with E-state index in [4.69, 9.17) is 0 Å². The van der Waals surface area contributed by atoms with E-state index in [1.165, 1.54) is 55.6 Å². The van der Waals surface area contributed by atoms with Crippen molar-refractivity contribution in [2.24, 2.45) is 0 Å². The second kappa shape index (κ2) is 14.8. The lowest BCUT2D eigenvalue weighted by Crippen LogP contribution is -1.88. The predicted molar refractivity (Wildman–Crippen MR) is 226 cm³/mol. The van der Waals surface area contributed by atoms with Crippen LogP contribution >= 0.6 is 0 Å². The minimum Gasteiger partial charge on any atom is -0.265 e. The highest BCUT2D eigenvalue weighted by Gasteiger charge is 2.11. The third-order valence-corrected chi connectivity index (χ3v) is 10.0. The fourth-order valence-electron chi connectivity index (χ4n) is 7.23. The first kappa shape index (κ1) is 32.7. The van der Waals surface area contributed by atoms with E-state index in [1.807, 2.05) is 30.9 Å². The topological polar surface area (TPSA) is 25.8 Å². The second-order valence-corrected chi connectivity index (χ2v) is 13.5. The van der Waals surface area contributed by atoms with Crippen LogP contribution in [0.25, 0.3) is 89.0 Å². The number of hydrogen-bond donors (Lipinski definition) is 0. The fraction of sp³-hybridized carbons (Fsp3) is 0. The highest BCUT2D eigenvalue weighted by atomic mass is 14.6. The SMILES string of the molecule is c1ccc(-c2cccc(-c3cccc(-c4cccc(-c5cccc(-c6cccc(-c7cc(-c8ccncc8)cc(-c8cccnc8)c7)c6)c5)c4)c3)c2)cc1. The first-order valence-corrected chi connectivity index (χ1v) is 18.3. The minimum absolute atomic E-state index is 1.09. The van der Waals surface area contributed by atoms with Crippen LogP contribution in [0.15, 0.2) is 219 Å².